The van der Waals surface area contributed by atoms with Crippen molar-refractivity contribution in [3.8, 4) is 5.75 Å². The lowest BCUT2D eigenvalue weighted by Gasteiger charge is -2.35. The summed E-state index contributed by atoms with van der Waals surface area (Å²) in [5, 5.41) is 3.09. The van der Waals surface area contributed by atoms with E-state index in [2.05, 4.69) is 19.2 Å². The molecule has 1 aliphatic carbocycles. The molecular weight excluding hydrogens is 430 g/mol. The van der Waals surface area contributed by atoms with Gasteiger partial charge in [-0.2, -0.15) is 4.31 Å². The fourth-order valence-corrected chi connectivity index (χ4v) is 6.49. The van der Waals surface area contributed by atoms with Crippen LogP contribution in [0.1, 0.15) is 52.4 Å². The zero-order valence-corrected chi connectivity index (χ0v) is 19.7. The average Bonchev–Trinajstić information content (AvgIpc) is 2.79. The Hall–Kier alpha value is -2.13. The molecule has 1 saturated heterocycles. The molecule has 2 aliphatic heterocycles. The molecule has 32 heavy (non-hydrogen) atoms. The normalized spacial score (nSPS) is 26.9. The van der Waals surface area contributed by atoms with Gasteiger partial charge < -0.3 is 10.1 Å². The topological polar surface area (TPSA) is 96.0 Å². The summed E-state index contributed by atoms with van der Waals surface area (Å²) in [4.78, 5) is 26.9. The molecule has 1 aromatic rings. The third-order valence-electron chi connectivity index (χ3n) is 7.18. The number of fused-ring (bicyclic) bond motifs is 1. The number of ether oxygens (including phenoxy) is 1. The van der Waals surface area contributed by atoms with Crippen LogP contribution in [0.2, 0.25) is 0 Å². The van der Waals surface area contributed by atoms with Gasteiger partial charge >= 0.3 is 0 Å². The average molecular weight is 464 g/mol. The van der Waals surface area contributed by atoms with E-state index in [1.54, 1.807) is 6.07 Å². The highest BCUT2D eigenvalue weighted by Crippen LogP contribution is 2.35. The summed E-state index contributed by atoms with van der Waals surface area (Å²) in [5.41, 5.74) is 0.333. The Bertz CT molecular complexity index is 974. The number of hydrogen-bond donors (Lipinski definition) is 1. The molecule has 4 rings (SSSR count). The first-order valence-electron chi connectivity index (χ1n) is 11.6. The van der Waals surface area contributed by atoms with Crippen LogP contribution < -0.4 is 15.0 Å². The van der Waals surface area contributed by atoms with Crippen LogP contribution in [-0.4, -0.2) is 56.8 Å². The number of piperidine rings is 1. The van der Waals surface area contributed by atoms with E-state index in [4.69, 9.17) is 4.74 Å². The Labute approximate surface area is 190 Å². The van der Waals surface area contributed by atoms with Crippen molar-refractivity contribution in [3.05, 3.63) is 18.2 Å². The van der Waals surface area contributed by atoms with Crippen molar-refractivity contribution < 1.29 is 22.7 Å². The molecule has 0 aromatic heterocycles. The van der Waals surface area contributed by atoms with Crippen molar-refractivity contribution >= 4 is 27.5 Å². The van der Waals surface area contributed by atoms with Crippen LogP contribution in [0, 0.1) is 11.8 Å². The molecule has 0 radical (unpaired) electrons. The number of carbonyl (C=O) groups excluding carboxylic acids is 2. The number of benzene rings is 1. The zero-order valence-electron chi connectivity index (χ0n) is 18.9. The molecule has 0 spiro atoms. The molecule has 1 aromatic carbocycles. The van der Waals surface area contributed by atoms with Crippen LogP contribution in [0.25, 0.3) is 0 Å². The number of rotatable bonds is 5. The lowest BCUT2D eigenvalue weighted by atomic mass is 9.78. The molecule has 1 N–H and O–H groups in total. The Morgan fingerprint density at radius 3 is 2.62 bits per heavy atom. The second kappa shape index (κ2) is 9.39. The molecule has 1 saturated carbocycles. The van der Waals surface area contributed by atoms with Gasteiger partial charge in [0.2, 0.25) is 15.9 Å². The SMILES string of the molecule is C[C@@H]1[C@H](C)CCC[C@@H]1NC(=O)CN1C(=O)COc2ccc(S(=O)(=O)N3CCCCC3)cc21. The number of nitrogens with zero attached hydrogens (tertiary/aromatic N) is 2. The fraction of sp³-hybridized carbons (Fsp3) is 0.652. The van der Waals surface area contributed by atoms with Gasteiger partial charge in [0.05, 0.1) is 10.6 Å². The summed E-state index contributed by atoms with van der Waals surface area (Å²) in [6.45, 7) is 5.03. The molecule has 0 bridgehead atoms. The number of anilines is 1. The monoisotopic (exact) mass is 463 g/mol. The first-order valence-corrected chi connectivity index (χ1v) is 13.1. The molecule has 2 amide bonds. The number of amides is 2. The fourth-order valence-electron chi connectivity index (χ4n) is 4.95. The Balaban J connectivity index is 1.54. The van der Waals surface area contributed by atoms with Gasteiger partial charge in [0.25, 0.3) is 5.91 Å². The minimum absolute atomic E-state index is 0.0904. The van der Waals surface area contributed by atoms with Gasteiger partial charge in [-0.25, -0.2) is 8.42 Å². The van der Waals surface area contributed by atoms with E-state index in [0.29, 0.717) is 36.4 Å². The van der Waals surface area contributed by atoms with Gasteiger partial charge in [0.15, 0.2) is 6.61 Å². The summed E-state index contributed by atoms with van der Waals surface area (Å²) >= 11 is 0. The van der Waals surface area contributed by atoms with Crippen LogP contribution >= 0.6 is 0 Å². The highest BCUT2D eigenvalue weighted by molar-refractivity contribution is 7.89. The van der Waals surface area contributed by atoms with E-state index in [0.717, 1.165) is 38.5 Å². The van der Waals surface area contributed by atoms with E-state index in [1.807, 2.05) is 0 Å². The van der Waals surface area contributed by atoms with Gasteiger partial charge in [0, 0.05) is 19.1 Å². The summed E-state index contributed by atoms with van der Waals surface area (Å²) in [7, 11) is -3.66. The Morgan fingerprint density at radius 2 is 1.88 bits per heavy atom. The molecule has 0 unspecified atom stereocenters. The van der Waals surface area contributed by atoms with Crippen LogP contribution in [-0.2, 0) is 19.6 Å². The van der Waals surface area contributed by atoms with Crippen molar-refractivity contribution in [3.63, 3.8) is 0 Å². The predicted molar refractivity (Wildman–Crippen MR) is 121 cm³/mol. The van der Waals surface area contributed by atoms with Crippen LogP contribution in [0.5, 0.6) is 5.75 Å². The van der Waals surface area contributed by atoms with Gasteiger partial charge in [-0.15, -0.1) is 0 Å². The number of hydrogen-bond acceptors (Lipinski definition) is 5. The predicted octanol–water partition coefficient (Wildman–Crippen LogP) is 2.53. The van der Waals surface area contributed by atoms with E-state index in [1.165, 1.54) is 21.3 Å². The summed E-state index contributed by atoms with van der Waals surface area (Å²) in [6.07, 6.45) is 5.89. The third kappa shape index (κ3) is 4.64. The molecule has 176 valence electrons. The second-order valence-electron chi connectivity index (χ2n) is 9.30. The molecular formula is C23H33N3O5S. The smallest absolute Gasteiger partial charge is 0.265 e. The maximum absolute atomic E-state index is 13.1. The van der Waals surface area contributed by atoms with Crippen molar-refractivity contribution in [1.82, 2.24) is 9.62 Å². The standard InChI is InChI=1S/C23H33N3O5S/c1-16-7-6-8-19(17(16)2)24-22(27)14-26-20-13-18(9-10-21(20)31-15-23(26)28)32(29,30)25-11-4-3-5-12-25/h9-10,13,16-17,19H,3-8,11-12,14-15H2,1-2H3,(H,24,27)/t16-,17-,19+/m1/s1. The van der Waals surface area contributed by atoms with Crippen molar-refractivity contribution in [1.29, 1.82) is 0 Å². The maximum Gasteiger partial charge on any atom is 0.265 e. The Morgan fingerprint density at radius 1 is 1.12 bits per heavy atom. The van der Waals surface area contributed by atoms with E-state index >= 15 is 0 Å². The van der Waals surface area contributed by atoms with Gasteiger partial charge in [-0.1, -0.05) is 33.1 Å². The summed E-state index contributed by atoms with van der Waals surface area (Å²) in [5.74, 6) is 0.741. The lowest BCUT2D eigenvalue weighted by Crippen LogP contribution is -2.50. The second-order valence-corrected chi connectivity index (χ2v) is 11.2. The number of carbonyl (C=O) groups is 2. The number of sulfonamides is 1. The van der Waals surface area contributed by atoms with Gasteiger partial charge in [0.1, 0.15) is 12.3 Å². The highest BCUT2D eigenvalue weighted by atomic mass is 32.2. The molecule has 2 heterocycles. The van der Waals surface area contributed by atoms with E-state index in [9.17, 15) is 18.0 Å². The highest BCUT2D eigenvalue weighted by Gasteiger charge is 2.33. The minimum Gasteiger partial charge on any atom is -0.482 e. The van der Waals surface area contributed by atoms with E-state index < -0.39 is 10.0 Å². The lowest BCUT2D eigenvalue weighted by molar-refractivity contribution is -0.126. The first-order chi connectivity index (χ1) is 15.3. The summed E-state index contributed by atoms with van der Waals surface area (Å²) < 4.78 is 33.2. The van der Waals surface area contributed by atoms with Crippen LogP contribution in [0.4, 0.5) is 5.69 Å². The van der Waals surface area contributed by atoms with Gasteiger partial charge in [-0.05, 0) is 49.3 Å². The molecule has 2 fully saturated rings. The number of nitrogens with one attached hydrogen (secondary N) is 1. The van der Waals surface area contributed by atoms with Crippen LogP contribution in [0.3, 0.4) is 0 Å². The molecule has 9 heteroatoms. The molecule has 8 nitrogen and oxygen atoms in total. The van der Waals surface area contributed by atoms with Crippen LogP contribution in [0.15, 0.2) is 23.1 Å². The minimum atomic E-state index is -3.66. The maximum atomic E-state index is 13.1. The van der Waals surface area contributed by atoms with E-state index in [-0.39, 0.29) is 35.9 Å². The Kier molecular flexibility index (Phi) is 6.76. The zero-order chi connectivity index (χ0) is 22.9. The van der Waals surface area contributed by atoms with Gasteiger partial charge in [-0.3, -0.25) is 14.5 Å². The van der Waals surface area contributed by atoms with Crippen molar-refractivity contribution in [2.75, 3.05) is 31.1 Å². The first kappa shape index (κ1) is 23.0. The quantitative estimate of drug-likeness (QED) is 0.724. The van der Waals surface area contributed by atoms with Crippen molar-refractivity contribution in [2.45, 2.75) is 63.3 Å². The molecule has 3 atom stereocenters. The largest absolute Gasteiger partial charge is 0.482 e. The van der Waals surface area contributed by atoms with Crippen molar-refractivity contribution in [2.24, 2.45) is 11.8 Å². The summed E-state index contributed by atoms with van der Waals surface area (Å²) in [6, 6.07) is 4.65. The third-order valence-corrected chi connectivity index (χ3v) is 9.08. The molecule has 3 aliphatic rings.